The molecule has 8 rings (SSSR count). The number of carbonyl (C=O) groups excluding carboxylic acids is 4. The molecule has 0 saturated carbocycles. The molecule has 0 aromatic heterocycles. The van der Waals surface area contributed by atoms with Crippen molar-refractivity contribution in [1.29, 1.82) is 0 Å². The highest BCUT2D eigenvalue weighted by Gasteiger charge is 2.25. The fourth-order valence-electron chi connectivity index (χ4n) is 9.74. The second kappa shape index (κ2) is 44.7. The summed E-state index contributed by atoms with van der Waals surface area (Å²) >= 11 is 24.3. The van der Waals surface area contributed by atoms with Gasteiger partial charge in [-0.2, -0.15) is 0 Å². The SMILES string of the molecule is CCOc1cccc(NCCN(C)C)c1C(=O)Nc1ccc(Cl)c(C)c1.CCOc1cccc(OCCN(C)C)c1C(=O)N(C)c1ccc(Cl)c(C)c1.CCOc1cccc(OCC[N+](C)(C)C)c1C(=O)Nc1ccc(Cl)c(C)c1.Cc1cc(NC(=O)c2ccccc2NCCN(C)C)ccc1Cl.[I-]. The maximum Gasteiger partial charge on any atom is 0.265 e. The van der Waals surface area contributed by atoms with Gasteiger partial charge in [0.05, 0.1) is 52.2 Å². The quantitative estimate of drug-likeness (QED) is 0.0211. The number of likely N-dealkylation sites (N-methyl/N-ethyl adjacent to an activating group) is 4. The summed E-state index contributed by atoms with van der Waals surface area (Å²) in [6.07, 6.45) is 0. The van der Waals surface area contributed by atoms with Crippen molar-refractivity contribution < 1.29 is 71.3 Å². The molecule has 19 nitrogen and oxygen atoms in total. The molecule has 8 aromatic rings. The van der Waals surface area contributed by atoms with Gasteiger partial charge in [-0.3, -0.25) is 19.2 Å². The van der Waals surface area contributed by atoms with E-state index in [-0.39, 0.29) is 47.6 Å². The molecule has 0 aliphatic rings. The molecule has 0 heterocycles. The molecule has 0 spiro atoms. The van der Waals surface area contributed by atoms with Crippen LogP contribution in [-0.2, 0) is 0 Å². The Morgan fingerprint density at radius 1 is 0.404 bits per heavy atom. The van der Waals surface area contributed by atoms with Crippen LogP contribution < -0.4 is 79.1 Å². The average Bonchev–Trinajstić information content (AvgIpc) is 0.814. The number of halogens is 5. The van der Waals surface area contributed by atoms with Crippen LogP contribution in [0.15, 0.2) is 152 Å². The van der Waals surface area contributed by atoms with E-state index in [0.717, 1.165) is 88.8 Å². The van der Waals surface area contributed by atoms with Crippen molar-refractivity contribution >= 4 is 104 Å². The predicted octanol–water partition coefficient (Wildman–Crippen LogP) is 13.8. The van der Waals surface area contributed by atoms with Crippen molar-refractivity contribution in [3.63, 3.8) is 0 Å². The van der Waals surface area contributed by atoms with E-state index < -0.39 is 0 Å². The number of amides is 4. The number of quaternary nitrogens is 1. The molecule has 104 heavy (non-hydrogen) atoms. The van der Waals surface area contributed by atoms with E-state index in [9.17, 15) is 19.2 Å². The first-order chi connectivity index (χ1) is 48.9. The lowest BCUT2D eigenvalue weighted by atomic mass is 10.1. The van der Waals surface area contributed by atoms with E-state index in [4.69, 9.17) is 70.1 Å². The highest BCUT2D eigenvalue weighted by Crippen LogP contribution is 2.35. The molecule has 562 valence electrons. The standard InChI is InChI=1S/2C21H27ClN2O3.C20H26ClN3O2.C18H22ClN3O.HI/c1-6-26-18-8-7-9-19(27-13-12-24(3,4)5)20(18)21(25)23-16-10-11-17(22)15(2)14-16;1-6-26-18-8-7-9-19(27-13-12-23(3)4)20(18)21(25)24(5)16-10-11-17(22)15(2)14-16;1-5-26-18-8-6-7-17(22-11-12-24(3)4)19(18)20(25)23-15-9-10-16(21)14(2)13-15;1-13-12-14(8-9-16(13)19)21-18(23)15-6-4-5-7-17(15)20-10-11-22(2)3;/h2*7-11,14H,6,12-13H2,1-5H3;6-10,13,22H,5,11-12H2,1-4H3,(H,23,25);4-9,12,20H,10-11H2,1-3H3,(H,21,23);1H. The molecule has 0 fully saturated rings. The second-order valence-electron chi connectivity index (χ2n) is 25.8. The number of nitrogens with one attached hydrogen (secondary N) is 5. The monoisotopic (exact) mass is 1610 g/mol. The third kappa shape index (κ3) is 29.1. The molecular weight excluding hydrogens is 1510 g/mol. The maximum atomic E-state index is 13.3. The summed E-state index contributed by atoms with van der Waals surface area (Å²) in [4.78, 5) is 59.5. The number of ether oxygens (including phenoxy) is 5. The van der Waals surface area contributed by atoms with Crippen LogP contribution >= 0.6 is 46.4 Å². The number of aryl methyl sites for hydroxylation is 4. The molecule has 0 bridgehead atoms. The fraction of sp³-hybridized carbons (Fsp3) is 0.350. The van der Waals surface area contributed by atoms with Crippen LogP contribution in [0.5, 0.6) is 28.7 Å². The third-order valence-electron chi connectivity index (χ3n) is 15.4. The van der Waals surface area contributed by atoms with Gasteiger partial charge in [-0.05, 0) is 234 Å². The highest BCUT2D eigenvalue weighted by atomic mass is 127. The van der Waals surface area contributed by atoms with E-state index in [1.165, 1.54) is 0 Å². The number of carbonyl (C=O) groups is 4. The minimum absolute atomic E-state index is 0. The van der Waals surface area contributed by atoms with E-state index in [2.05, 4.69) is 57.5 Å². The van der Waals surface area contributed by atoms with Gasteiger partial charge in [0.2, 0.25) is 0 Å². The summed E-state index contributed by atoms with van der Waals surface area (Å²) in [5.74, 6) is 1.78. The normalized spacial score (nSPS) is 10.7. The van der Waals surface area contributed by atoms with Gasteiger partial charge in [-0.25, -0.2) is 0 Å². The van der Waals surface area contributed by atoms with Crippen LogP contribution in [0.1, 0.15) is 84.5 Å². The Bertz CT molecular complexity index is 4080. The first-order valence-electron chi connectivity index (χ1n) is 34.1. The molecule has 4 amide bonds. The van der Waals surface area contributed by atoms with Crippen LogP contribution in [0.4, 0.5) is 34.1 Å². The molecular formula is C80H103Cl4IN10O9. The van der Waals surface area contributed by atoms with Gasteiger partial charge in [-0.15, -0.1) is 0 Å². The summed E-state index contributed by atoms with van der Waals surface area (Å²) < 4.78 is 29.6. The number of rotatable bonds is 30. The van der Waals surface area contributed by atoms with Crippen molar-refractivity contribution in [3.8, 4) is 28.7 Å². The van der Waals surface area contributed by atoms with Gasteiger partial charge in [0.1, 0.15) is 65.2 Å². The molecule has 0 saturated heterocycles. The summed E-state index contributed by atoms with van der Waals surface area (Å²) in [7, 11) is 20.0. The second-order valence-corrected chi connectivity index (χ2v) is 27.4. The maximum absolute atomic E-state index is 13.3. The lowest BCUT2D eigenvalue weighted by Gasteiger charge is -2.24. The van der Waals surface area contributed by atoms with Gasteiger partial charge in [0.15, 0.2) is 0 Å². The lowest BCUT2D eigenvalue weighted by Crippen LogP contribution is -3.00. The molecule has 24 heteroatoms. The fourth-order valence-corrected chi connectivity index (χ4v) is 10.2. The zero-order valence-electron chi connectivity index (χ0n) is 63.0. The van der Waals surface area contributed by atoms with Crippen LogP contribution in [-0.4, -0.2) is 186 Å². The zero-order valence-corrected chi connectivity index (χ0v) is 68.2. The van der Waals surface area contributed by atoms with Gasteiger partial charge in [-0.1, -0.05) is 76.7 Å². The Balaban J connectivity index is 0.000000293. The summed E-state index contributed by atoms with van der Waals surface area (Å²) in [6, 6.07) is 45.6. The smallest absolute Gasteiger partial charge is 0.265 e. The van der Waals surface area contributed by atoms with Crippen LogP contribution in [0.25, 0.3) is 0 Å². The van der Waals surface area contributed by atoms with Crippen LogP contribution in [0.2, 0.25) is 20.1 Å². The average molecular weight is 1620 g/mol. The molecule has 5 N–H and O–H groups in total. The van der Waals surface area contributed by atoms with Crippen molar-refractivity contribution in [3.05, 3.63) is 216 Å². The molecule has 0 aliphatic carbocycles. The Morgan fingerprint density at radius 3 is 1.21 bits per heavy atom. The molecule has 0 unspecified atom stereocenters. The molecule has 0 aliphatic heterocycles. The Morgan fingerprint density at radius 2 is 0.769 bits per heavy atom. The molecule has 0 atom stereocenters. The Kier molecular flexibility index (Phi) is 38.0. The number of benzene rings is 8. The van der Waals surface area contributed by atoms with E-state index in [0.29, 0.717) is 116 Å². The Hall–Kier alpha value is -8.03. The number of hydrogen-bond acceptors (Lipinski definition) is 14. The number of nitrogens with zero attached hydrogens (tertiary/aromatic N) is 5. The van der Waals surface area contributed by atoms with E-state index in [1.54, 1.807) is 78.7 Å². The largest absolute Gasteiger partial charge is 1.00 e. The third-order valence-corrected chi connectivity index (χ3v) is 17.1. The summed E-state index contributed by atoms with van der Waals surface area (Å²) in [6.45, 7) is 20.5. The van der Waals surface area contributed by atoms with Gasteiger partial charge in [0, 0.05) is 88.3 Å². The molecule has 8 aromatic carbocycles. The van der Waals surface area contributed by atoms with Crippen molar-refractivity contribution in [1.82, 2.24) is 14.7 Å². The first kappa shape index (κ1) is 88.4. The van der Waals surface area contributed by atoms with Gasteiger partial charge >= 0.3 is 0 Å². The minimum Gasteiger partial charge on any atom is -1.00 e. The number of para-hydroxylation sites is 1. The van der Waals surface area contributed by atoms with E-state index >= 15 is 0 Å². The first-order valence-corrected chi connectivity index (χ1v) is 35.6. The summed E-state index contributed by atoms with van der Waals surface area (Å²) in [5, 5.41) is 18.1. The van der Waals surface area contributed by atoms with Crippen LogP contribution in [0, 0.1) is 27.7 Å². The van der Waals surface area contributed by atoms with Crippen molar-refractivity contribution in [2.24, 2.45) is 0 Å². The topological polar surface area (TPSA) is 188 Å². The summed E-state index contributed by atoms with van der Waals surface area (Å²) in [5.41, 5.74) is 10.0. The van der Waals surface area contributed by atoms with Crippen molar-refractivity contribution in [2.75, 3.05) is 174 Å². The van der Waals surface area contributed by atoms with E-state index in [1.807, 2.05) is 181 Å². The van der Waals surface area contributed by atoms with Gasteiger partial charge < -0.3 is 98.3 Å². The number of anilines is 6. The zero-order chi connectivity index (χ0) is 75.9. The van der Waals surface area contributed by atoms with Crippen LogP contribution in [0.3, 0.4) is 0 Å². The van der Waals surface area contributed by atoms with Gasteiger partial charge in [0.25, 0.3) is 23.6 Å². The number of hydrogen-bond donors (Lipinski definition) is 5. The lowest BCUT2D eigenvalue weighted by molar-refractivity contribution is -0.870. The highest BCUT2D eigenvalue weighted by molar-refractivity contribution is 6.32. The molecule has 0 radical (unpaired) electrons. The predicted molar refractivity (Wildman–Crippen MR) is 427 cm³/mol. The Labute approximate surface area is 653 Å². The van der Waals surface area contributed by atoms with Crippen molar-refractivity contribution in [2.45, 2.75) is 48.5 Å². The minimum atomic E-state index is -0.277.